The zero-order chi connectivity index (χ0) is 12.4. The van der Waals surface area contributed by atoms with Crippen LogP contribution >= 0.6 is 0 Å². The molecule has 1 N–H and O–H groups in total. The van der Waals surface area contributed by atoms with Crippen LogP contribution in [0.5, 0.6) is 0 Å². The smallest absolute Gasteiger partial charge is 0.0234 e. The standard InChI is InChI=1S/C16H24N2/c1-13(15-7-8-15)17-16-9-10-18(12-16)11-14-5-3-2-4-6-14/h2-6,13,15-17H,7-12H2,1H3. The molecule has 18 heavy (non-hydrogen) atoms. The third-order valence-corrected chi connectivity index (χ3v) is 4.35. The second kappa shape index (κ2) is 5.41. The van der Waals surface area contributed by atoms with Crippen molar-refractivity contribution in [3.05, 3.63) is 35.9 Å². The van der Waals surface area contributed by atoms with Crippen molar-refractivity contribution in [2.45, 2.75) is 44.8 Å². The largest absolute Gasteiger partial charge is 0.310 e. The maximum atomic E-state index is 3.81. The van der Waals surface area contributed by atoms with E-state index in [2.05, 4.69) is 47.5 Å². The summed E-state index contributed by atoms with van der Waals surface area (Å²) >= 11 is 0. The summed E-state index contributed by atoms with van der Waals surface area (Å²) in [5.74, 6) is 0.966. The molecule has 2 nitrogen and oxygen atoms in total. The van der Waals surface area contributed by atoms with Crippen LogP contribution in [0.3, 0.4) is 0 Å². The number of rotatable bonds is 5. The molecular weight excluding hydrogens is 220 g/mol. The van der Waals surface area contributed by atoms with Crippen LogP contribution in [0.1, 0.15) is 31.7 Å². The van der Waals surface area contributed by atoms with Gasteiger partial charge in [0.05, 0.1) is 0 Å². The first kappa shape index (κ1) is 12.2. The Balaban J connectivity index is 1.46. The maximum absolute atomic E-state index is 3.81. The number of likely N-dealkylation sites (tertiary alicyclic amines) is 1. The van der Waals surface area contributed by atoms with E-state index in [1.165, 1.54) is 37.9 Å². The summed E-state index contributed by atoms with van der Waals surface area (Å²) in [6.07, 6.45) is 4.19. The van der Waals surface area contributed by atoms with Crippen LogP contribution in [0, 0.1) is 5.92 Å². The number of hydrogen-bond acceptors (Lipinski definition) is 2. The Bertz CT molecular complexity index is 372. The van der Waals surface area contributed by atoms with E-state index >= 15 is 0 Å². The highest BCUT2D eigenvalue weighted by Crippen LogP contribution is 2.32. The van der Waals surface area contributed by atoms with Gasteiger partial charge in [0.1, 0.15) is 0 Å². The van der Waals surface area contributed by atoms with Gasteiger partial charge in [-0.1, -0.05) is 30.3 Å². The molecule has 1 saturated carbocycles. The molecule has 3 rings (SSSR count). The van der Waals surface area contributed by atoms with Crippen LogP contribution in [-0.4, -0.2) is 30.1 Å². The summed E-state index contributed by atoms with van der Waals surface area (Å²) in [4.78, 5) is 2.58. The lowest BCUT2D eigenvalue weighted by molar-refractivity contribution is 0.313. The first-order valence-electron chi connectivity index (χ1n) is 7.33. The monoisotopic (exact) mass is 244 g/mol. The Labute approximate surface area is 110 Å². The van der Waals surface area contributed by atoms with Crippen LogP contribution in [-0.2, 0) is 6.54 Å². The van der Waals surface area contributed by atoms with Crippen LogP contribution in [0.4, 0.5) is 0 Å². The molecule has 2 unspecified atom stereocenters. The molecule has 1 saturated heterocycles. The van der Waals surface area contributed by atoms with Crippen molar-refractivity contribution in [2.75, 3.05) is 13.1 Å². The van der Waals surface area contributed by atoms with Crippen LogP contribution in [0.15, 0.2) is 30.3 Å². The van der Waals surface area contributed by atoms with Crippen LogP contribution < -0.4 is 5.32 Å². The number of nitrogens with zero attached hydrogens (tertiary/aromatic N) is 1. The van der Waals surface area contributed by atoms with Crippen LogP contribution in [0.25, 0.3) is 0 Å². The van der Waals surface area contributed by atoms with E-state index in [0.717, 1.165) is 18.5 Å². The van der Waals surface area contributed by atoms with Gasteiger partial charge >= 0.3 is 0 Å². The van der Waals surface area contributed by atoms with Crippen LogP contribution in [0.2, 0.25) is 0 Å². The third kappa shape index (κ3) is 3.12. The van der Waals surface area contributed by atoms with Crippen molar-refractivity contribution in [3.8, 4) is 0 Å². The Morgan fingerprint density at radius 2 is 2.00 bits per heavy atom. The molecule has 0 amide bonds. The van der Waals surface area contributed by atoms with E-state index in [0.29, 0.717) is 6.04 Å². The number of benzene rings is 1. The molecule has 1 aromatic carbocycles. The molecule has 0 spiro atoms. The predicted octanol–water partition coefficient (Wildman–Crippen LogP) is 2.65. The molecule has 2 aliphatic rings. The van der Waals surface area contributed by atoms with Crippen molar-refractivity contribution in [1.29, 1.82) is 0 Å². The molecule has 0 radical (unpaired) electrons. The molecule has 1 aliphatic carbocycles. The van der Waals surface area contributed by atoms with Crippen molar-refractivity contribution in [3.63, 3.8) is 0 Å². The number of hydrogen-bond donors (Lipinski definition) is 1. The number of nitrogens with one attached hydrogen (secondary N) is 1. The fourth-order valence-corrected chi connectivity index (χ4v) is 3.06. The highest BCUT2D eigenvalue weighted by atomic mass is 15.2. The molecule has 2 heteroatoms. The van der Waals surface area contributed by atoms with Crippen molar-refractivity contribution >= 4 is 0 Å². The zero-order valence-corrected chi connectivity index (χ0v) is 11.3. The van der Waals surface area contributed by atoms with Crippen molar-refractivity contribution < 1.29 is 0 Å². The fourth-order valence-electron chi connectivity index (χ4n) is 3.06. The molecular formula is C16H24N2. The van der Waals surface area contributed by atoms with E-state index in [1.54, 1.807) is 0 Å². The predicted molar refractivity (Wildman–Crippen MR) is 75.4 cm³/mol. The summed E-state index contributed by atoms with van der Waals surface area (Å²) in [5, 5.41) is 3.81. The molecule has 98 valence electrons. The molecule has 0 bridgehead atoms. The van der Waals surface area contributed by atoms with Gasteiger partial charge in [0, 0.05) is 31.7 Å². The Hall–Kier alpha value is -0.860. The Morgan fingerprint density at radius 3 is 2.72 bits per heavy atom. The second-order valence-corrected chi connectivity index (χ2v) is 6.00. The van der Waals surface area contributed by atoms with Gasteiger partial charge in [-0.3, -0.25) is 4.90 Å². The highest BCUT2D eigenvalue weighted by Gasteiger charge is 2.31. The first-order valence-corrected chi connectivity index (χ1v) is 7.33. The van der Waals surface area contributed by atoms with E-state index in [-0.39, 0.29) is 0 Å². The SMILES string of the molecule is CC(NC1CCN(Cc2ccccc2)C1)C1CC1. The molecule has 0 aromatic heterocycles. The minimum Gasteiger partial charge on any atom is -0.310 e. The summed E-state index contributed by atoms with van der Waals surface area (Å²) < 4.78 is 0. The molecule has 1 heterocycles. The summed E-state index contributed by atoms with van der Waals surface area (Å²) in [5.41, 5.74) is 1.44. The van der Waals surface area contributed by atoms with E-state index in [1.807, 2.05) is 0 Å². The van der Waals surface area contributed by atoms with Crippen molar-refractivity contribution in [2.24, 2.45) is 5.92 Å². The van der Waals surface area contributed by atoms with Gasteiger partial charge in [-0.2, -0.15) is 0 Å². The van der Waals surface area contributed by atoms with E-state index in [4.69, 9.17) is 0 Å². The normalized spacial score (nSPS) is 26.4. The summed E-state index contributed by atoms with van der Waals surface area (Å²) in [7, 11) is 0. The zero-order valence-electron chi connectivity index (χ0n) is 11.3. The molecule has 2 atom stereocenters. The van der Waals surface area contributed by atoms with Gasteiger partial charge in [0.15, 0.2) is 0 Å². The maximum Gasteiger partial charge on any atom is 0.0234 e. The summed E-state index contributed by atoms with van der Waals surface area (Å²) in [6, 6.07) is 12.3. The average molecular weight is 244 g/mol. The lowest BCUT2D eigenvalue weighted by Crippen LogP contribution is -2.39. The quantitative estimate of drug-likeness (QED) is 0.856. The summed E-state index contributed by atoms with van der Waals surface area (Å²) in [6.45, 7) is 5.92. The third-order valence-electron chi connectivity index (χ3n) is 4.35. The second-order valence-electron chi connectivity index (χ2n) is 6.00. The molecule has 1 aromatic rings. The minimum atomic E-state index is 0.712. The van der Waals surface area contributed by atoms with Gasteiger partial charge in [0.25, 0.3) is 0 Å². The average Bonchev–Trinajstić information content (AvgIpc) is 3.15. The van der Waals surface area contributed by atoms with Gasteiger partial charge in [-0.25, -0.2) is 0 Å². The molecule has 1 aliphatic heterocycles. The van der Waals surface area contributed by atoms with Gasteiger partial charge in [0.2, 0.25) is 0 Å². The fraction of sp³-hybridized carbons (Fsp3) is 0.625. The van der Waals surface area contributed by atoms with Gasteiger partial charge < -0.3 is 5.32 Å². The highest BCUT2D eigenvalue weighted by molar-refractivity contribution is 5.14. The first-order chi connectivity index (χ1) is 8.81. The molecule has 2 fully saturated rings. The van der Waals surface area contributed by atoms with Crippen molar-refractivity contribution in [1.82, 2.24) is 10.2 Å². The Kier molecular flexibility index (Phi) is 3.67. The van der Waals surface area contributed by atoms with Gasteiger partial charge in [-0.05, 0) is 37.7 Å². The van der Waals surface area contributed by atoms with Gasteiger partial charge in [-0.15, -0.1) is 0 Å². The Morgan fingerprint density at radius 1 is 1.22 bits per heavy atom. The van der Waals surface area contributed by atoms with E-state index in [9.17, 15) is 0 Å². The topological polar surface area (TPSA) is 15.3 Å². The lowest BCUT2D eigenvalue weighted by atomic mass is 10.1. The lowest BCUT2D eigenvalue weighted by Gasteiger charge is -2.20. The van der Waals surface area contributed by atoms with E-state index < -0.39 is 0 Å². The minimum absolute atomic E-state index is 0.712.